The number of aliphatic hydroxyl groups is 1. The lowest BCUT2D eigenvalue weighted by Gasteiger charge is -2.36. The molecular formula is C12H15N3O3S. The number of rotatable bonds is 4. The number of anilines is 1. The first-order chi connectivity index (χ1) is 8.86. The van der Waals surface area contributed by atoms with Crippen molar-refractivity contribution in [3.05, 3.63) is 23.8 Å². The molecule has 1 aliphatic carbocycles. The van der Waals surface area contributed by atoms with Gasteiger partial charge in [0.2, 0.25) is 10.0 Å². The number of nitrogens with two attached hydrogens (primary N) is 1. The summed E-state index contributed by atoms with van der Waals surface area (Å²) in [5.74, 6) is 0. The van der Waals surface area contributed by atoms with E-state index in [9.17, 15) is 13.5 Å². The fraction of sp³-hybridized carbons (Fsp3) is 0.417. The number of nitriles is 1. The van der Waals surface area contributed by atoms with Gasteiger partial charge in [-0.2, -0.15) is 5.26 Å². The number of nitrogen functional groups attached to an aromatic ring is 1. The normalized spacial score (nSPS) is 17.5. The van der Waals surface area contributed by atoms with Gasteiger partial charge in [0, 0.05) is 6.54 Å². The van der Waals surface area contributed by atoms with Crippen molar-refractivity contribution in [2.75, 3.05) is 12.3 Å². The molecule has 0 radical (unpaired) electrons. The third-order valence-electron chi connectivity index (χ3n) is 3.30. The average Bonchev–Trinajstić information content (AvgIpc) is 2.33. The number of sulfonamides is 1. The van der Waals surface area contributed by atoms with Crippen molar-refractivity contribution >= 4 is 15.7 Å². The highest BCUT2D eigenvalue weighted by atomic mass is 32.2. The lowest BCUT2D eigenvalue weighted by atomic mass is 9.81. The van der Waals surface area contributed by atoms with E-state index in [0.717, 1.165) is 6.42 Å². The molecule has 0 aromatic heterocycles. The van der Waals surface area contributed by atoms with Gasteiger partial charge in [-0.1, -0.05) is 0 Å². The predicted molar refractivity (Wildman–Crippen MR) is 69.6 cm³/mol. The maximum Gasteiger partial charge on any atom is 0.242 e. The quantitative estimate of drug-likeness (QED) is 0.688. The summed E-state index contributed by atoms with van der Waals surface area (Å²) in [6.45, 7) is -0.0191. The van der Waals surface area contributed by atoms with Crippen molar-refractivity contribution < 1.29 is 13.5 Å². The molecule has 4 N–H and O–H groups in total. The standard InChI is InChI=1S/C12H15N3O3S/c13-7-9-2-3-11(10(14)6-9)19(17,18)15-8-12(16)4-1-5-12/h2-3,6,15-16H,1,4-5,8,14H2. The Labute approximate surface area is 111 Å². The Morgan fingerprint density at radius 3 is 2.63 bits per heavy atom. The van der Waals surface area contributed by atoms with Crippen LogP contribution in [0.2, 0.25) is 0 Å². The van der Waals surface area contributed by atoms with Crippen LogP contribution in [0.25, 0.3) is 0 Å². The Morgan fingerprint density at radius 2 is 2.16 bits per heavy atom. The van der Waals surface area contributed by atoms with E-state index < -0.39 is 15.6 Å². The summed E-state index contributed by atoms with van der Waals surface area (Å²) in [5, 5.41) is 18.6. The van der Waals surface area contributed by atoms with Gasteiger partial charge in [-0.3, -0.25) is 0 Å². The van der Waals surface area contributed by atoms with Crippen LogP contribution in [0.3, 0.4) is 0 Å². The van der Waals surface area contributed by atoms with E-state index in [2.05, 4.69) is 4.72 Å². The van der Waals surface area contributed by atoms with E-state index in [1.807, 2.05) is 6.07 Å². The minimum atomic E-state index is -3.77. The fourth-order valence-corrected chi connectivity index (χ4v) is 3.16. The fourth-order valence-electron chi connectivity index (χ4n) is 1.93. The summed E-state index contributed by atoms with van der Waals surface area (Å²) in [6.07, 6.45) is 2.09. The molecule has 2 rings (SSSR count). The minimum Gasteiger partial charge on any atom is -0.398 e. The van der Waals surface area contributed by atoms with Gasteiger partial charge in [0.05, 0.1) is 22.9 Å². The predicted octanol–water partition coefficient (Wildman–Crippen LogP) is 0.334. The maximum absolute atomic E-state index is 12.1. The number of nitrogens with zero attached hydrogens (tertiary/aromatic N) is 1. The molecule has 1 fully saturated rings. The van der Waals surface area contributed by atoms with Crippen LogP contribution in [-0.4, -0.2) is 25.7 Å². The third-order valence-corrected chi connectivity index (χ3v) is 4.78. The molecule has 0 heterocycles. The van der Waals surface area contributed by atoms with Crippen molar-refractivity contribution in [3.63, 3.8) is 0 Å². The number of hydrogen-bond donors (Lipinski definition) is 3. The molecule has 0 unspecified atom stereocenters. The van der Waals surface area contributed by atoms with Gasteiger partial charge >= 0.3 is 0 Å². The van der Waals surface area contributed by atoms with Gasteiger partial charge in [-0.05, 0) is 37.5 Å². The molecule has 1 aromatic carbocycles. The zero-order chi connectivity index (χ0) is 14.1. The SMILES string of the molecule is N#Cc1ccc(S(=O)(=O)NCC2(O)CCC2)c(N)c1. The summed E-state index contributed by atoms with van der Waals surface area (Å²) >= 11 is 0. The highest BCUT2D eigenvalue weighted by molar-refractivity contribution is 7.89. The van der Waals surface area contributed by atoms with Gasteiger partial charge < -0.3 is 10.8 Å². The zero-order valence-corrected chi connectivity index (χ0v) is 11.1. The van der Waals surface area contributed by atoms with E-state index in [4.69, 9.17) is 11.0 Å². The Balaban J connectivity index is 2.17. The summed E-state index contributed by atoms with van der Waals surface area (Å²) < 4.78 is 26.5. The molecule has 0 aliphatic heterocycles. The van der Waals surface area contributed by atoms with E-state index in [1.165, 1.54) is 18.2 Å². The molecule has 0 bridgehead atoms. The Kier molecular flexibility index (Phi) is 3.49. The Bertz CT molecular complexity index is 630. The summed E-state index contributed by atoms with van der Waals surface area (Å²) in [4.78, 5) is -0.0746. The van der Waals surface area contributed by atoms with Crippen LogP contribution >= 0.6 is 0 Å². The molecule has 7 heteroatoms. The molecule has 1 aliphatic rings. The van der Waals surface area contributed by atoms with E-state index in [1.54, 1.807) is 0 Å². The van der Waals surface area contributed by atoms with Gasteiger partial charge in [0.1, 0.15) is 4.90 Å². The largest absolute Gasteiger partial charge is 0.398 e. The van der Waals surface area contributed by atoms with Crippen molar-refractivity contribution in [1.29, 1.82) is 5.26 Å². The molecule has 1 saturated carbocycles. The smallest absolute Gasteiger partial charge is 0.242 e. The number of hydrogen-bond acceptors (Lipinski definition) is 5. The number of benzene rings is 1. The van der Waals surface area contributed by atoms with Crippen LogP contribution in [0.4, 0.5) is 5.69 Å². The Hall–Kier alpha value is -1.62. The van der Waals surface area contributed by atoms with Crippen molar-refractivity contribution in [2.24, 2.45) is 0 Å². The van der Waals surface area contributed by atoms with Gasteiger partial charge in [-0.25, -0.2) is 13.1 Å². The van der Waals surface area contributed by atoms with Gasteiger partial charge in [-0.15, -0.1) is 0 Å². The van der Waals surface area contributed by atoms with Crippen molar-refractivity contribution in [3.8, 4) is 6.07 Å². The maximum atomic E-state index is 12.1. The van der Waals surface area contributed by atoms with Crippen LogP contribution in [0, 0.1) is 11.3 Å². The van der Waals surface area contributed by atoms with E-state index in [-0.39, 0.29) is 17.1 Å². The summed E-state index contributed by atoms with van der Waals surface area (Å²) in [5.41, 5.74) is 5.02. The second kappa shape index (κ2) is 4.81. The second-order valence-electron chi connectivity index (χ2n) is 4.77. The van der Waals surface area contributed by atoms with E-state index >= 15 is 0 Å². The van der Waals surface area contributed by atoms with E-state index in [0.29, 0.717) is 18.4 Å². The second-order valence-corrected chi connectivity index (χ2v) is 6.50. The molecule has 19 heavy (non-hydrogen) atoms. The first kappa shape index (κ1) is 13.8. The average molecular weight is 281 g/mol. The van der Waals surface area contributed by atoms with Crippen LogP contribution in [0.1, 0.15) is 24.8 Å². The molecule has 0 saturated heterocycles. The molecule has 0 spiro atoms. The van der Waals surface area contributed by atoms with Gasteiger partial charge in [0.25, 0.3) is 0 Å². The van der Waals surface area contributed by atoms with Crippen LogP contribution in [0.5, 0.6) is 0 Å². The molecule has 102 valence electrons. The number of nitrogens with one attached hydrogen (secondary N) is 1. The molecule has 6 nitrogen and oxygen atoms in total. The summed E-state index contributed by atoms with van der Waals surface area (Å²) in [6, 6.07) is 5.88. The first-order valence-corrected chi connectivity index (χ1v) is 7.36. The van der Waals surface area contributed by atoms with Gasteiger partial charge in [0.15, 0.2) is 0 Å². The monoisotopic (exact) mass is 281 g/mol. The first-order valence-electron chi connectivity index (χ1n) is 5.88. The topological polar surface area (TPSA) is 116 Å². The highest BCUT2D eigenvalue weighted by Gasteiger charge is 2.35. The van der Waals surface area contributed by atoms with Crippen LogP contribution in [-0.2, 0) is 10.0 Å². The lowest BCUT2D eigenvalue weighted by molar-refractivity contribution is -0.0270. The highest BCUT2D eigenvalue weighted by Crippen LogP contribution is 2.31. The zero-order valence-electron chi connectivity index (χ0n) is 10.3. The lowest BCUT2D eigenvalue weighted by Crippen LogP contribution is -2.47. The van der Waals surface area contributed by atoms with Crippen molar-refractivity contribution in [2.45, 2.75) is 29.8 Å². The Morgan fingerprint density at radius 1 is 1.47 bits per heavy atom. The molecule has 0 atom stereocenters. The molecule has 1 aromatic rings. The molecular weight excluding hydrogens is 266 g/mol. The molecule has 0 amide bonds. The van der Waals surface area contributed by atoms with Crippen LogP contribution in [0.15, 0.2) is 23.1 Å². The third kappa shape index (κ3) is 2.87. The van der Waals surface area contributed by atoms with Crippen LogP contribution < -0.4 is 10.5 Å². The minimum absolute atomic E-state index is 0.0191. The van der Waals surface area contributed by atoms with Crippen molar-refractivity contribution in [1.82, 2.24) is 4.72 Å². The summed E-state index contributed by atoms with van der Waals surface area (Å²) in [7, 11) is -3.77.